The van der Waals surface area contributed by atoms with Crippen LogP contribution < -0.4 is 0 Å². The van der Waals surface area contributed by atoms with Crippen LogP contribution in [0.5, 0.6) is 0 Å². The zero-order valence-electron chi connectivity index (χ0n) is 13.0. The summed E-state index contributed by atoms with van der Waals surface area (Å²) in [6, 6.07) is 3.44. The van der Waals surface area contributed by atoms with Gasteiger partial charge < -0.3 is 18.6 Å². The number of ether oxygens (including phenoxy) is 1. The van der Waals surface area contributed by atoms with Gasteiger partial charge >= 0.3 is 0 Å². The van der Waals surface area contributed by atoms with Crippen LogP contribution >= 0.6 is 0 Å². The molecule has 0 saturated carbocycles. The molecular formula is C16H21N3O3. The number of fused-ring (bicyclic) bond motifs is 1. The third kappa shape index (κ3) is 3.06. The van der Waals surface area contributed by atoms with E-state index in [1.165, 1.54) is 6.26 Å². The van der Waals surface area contributed by atoms with Crippen molar-refractivity contribution in [3.63, 3.8) is 0 Å². The fourth-order valence-electron chi connectivity index (χ4n) is 2.61. The number of carbonyl (C=O) groups is 1. The van der Waals surface area contributed by atoms with Gasteiger partial charge in [0.15, 0.2) is 5.76 Å². The van der Waals surface area contributed by atoms with E-state index >= 15 is 0 Å². The topological polar surface area (TPSA) is 60.5 Å². The average Bonchev–Trinajstić information content (AvgIpc) is 3.10. The van der Waals surface area contributed by atoms with Crippen molar-refractivity contribution in [1.29, 1.82) is 0 Å². The molecule has 1 aliphatic heterocycles. The minimum Gasteiger partial charge on any atom is -0.459 e. The van der Waals surface area contributed by atoms with Gasteiger partial charge in [0.2, 0.25) is 0 Å². The lowest BCUT2D eigenvalue weighted by Gasteiger charge is -2.19. The molecule has 6 nitrogen and oxygen atoms in total. The van der Waals surface area contributed by atoms with E-state index in [2.05, 4.69) is 9.55 Å². The van der Waals surface area contributed by atoms with Crippen molar-refractivity contribution in [2.75, 3.05) is 6.54 Å². The fourth-order valence-corrected chi connectivity index (χ4v) is 2.61. The van der Waals surface area contributed by atoms with Gasteiger partial charge in [-0.25, -0.2) is 4.98 Å². The number of aryl methyl sites for hydroxylation is 1. The highest BCUT2D eigenvalue weighted by atomic mass is 16.5. The molecular weight excluding hydrogens is 282 g/mol. The molecule has 0 aliphatic carbocycles. The van der Waals surface area contributed by atoms with Crippen LogP contribution in [0.25, 0.3) is 0 Å². The maximum Gasteiger partial charge on any atom is 0.289 e. The van der Waals surface area contributed by atoms with Crippen molar-refractivity contribution in [1.82, 2.24) is 14.5 Å². The van der Waals surface area contributed by atoms with Gasteiger partial charge in [-0.3, -0.25) is 4.79 Å². The van der Waals surface area contributed by atoms with Crippen molar-refractivity contribution in [3.8, 4) is 0 Å². The number of aromatic nitrogens is 2. The van der Waals surface area contributed by atoms with E-state index < -0.39 is 0 Å². The Morgan fingerprint density at radius 3 is 3.05 bits per heavy atom. The number of amides is 1. The molecule has 0 bridgehead atoms. The third-order valence-electron chi connectivity index (χ3n) is 3.77. The summed E-state index contributed by atoms with van der Waals surface area (Å²) in [6.07, 6.45) is 4.43. The van der Waals surface area contributed by atoms with Crippen LogP contribution in [-0.4, -0.2) is 33.0 Å². The molecule has 0 spiro atoms. The van der Waals surface area contributed by atoms with Crippen molar-refractivity contribution in [3.05, 3.63) is 41.9 Å². The molecule has 118 valence electrons. The zero-order valence-corrected chi connectivity index (χ0v) is 13.0. The number of hydrogen-bond acceptors (Lipinski definition) is 4. The second-order valence-corrected chi connectivity index (χ2v) is 5.75. The van der Waals surface area contributed by atoms with E-state index in [-0.39, 0.29) is 12.0 Å². The Morgan fingerprint density at radius 1 is 1.45 bits per heavy atom. The van der Waals surface area contributed by atoms with Gasteiger partial charge in [0.25, 0.3) is 5.91 Å². The molecule has 0 unspecified atom stereocenters. The summed E-state index contributed by atoms with van der Waals surface area (Å²) in [6.45, 7) is 6.60. The van der Waals surface area contributed by atoms with Gasteiger partial charge in [-0.05, 0) is 32.4 Å². The van der Waals surface area contributed by atoms with E-state index in [9.17, 15) is 4.79 Å². The van der Waals surface area contributed by atoms with Crippen molar-refractivity contribution in [2.45, 2.75) is 46.1 Å². The molecule has 0 saturated heterocycles. The largest absolute Gasteiger partial charge is 0.459 e. The number of rotatable bonds is 4. The summed E-state index contributed by atoms with van der Waals surface area (Å²) < 4.78 is 13.0. The first-order valence-electron chi connectivity index (χ1n) is 7.62. The van der Waals surface area contributed by atoms with E-state index in [4.69, 9.17) is 9.15 Å². The summed E-state index contributed by atoms with van der Waals surface area (Å²) in [5, 5.41) is 0. The normalized spacial score (nSPS) is 15.0. The predicted molar refractivity (Wildman–Crippen MR) is 80.2 cm³/mol. The molecule has 22 heavy (non-hydrogen) atoms. The van der Waals surface area contributed by atoms with Crippen LogP contribution in [0.2, 0.25) is 0 Å². The molecule has 0 fully saturated rings. The Hall–Kier alpha value is -2.08. The van der Waals surface area contributed by atoms with Crippen LogP contribution in [0, 0.1) is 0 Å². The molecule has 0 N–H and O–H groups in total. The summed E-state index contributed by atoms with van der Waals surface area (Å²) in [5.41, 5.74) is 1.96. The molecule has 3 rings (SSSR count). The minimum absolute atomic E-state index is 0.0737. The second-order valence-electron chi connectivity index (χ2n) is 5.75. The van der Waals surface area contributed by atoms with E-state index in [1.54, 1.807) is 12.1 Å². The van der Waals surface area contributed by atoms with Gasteiger partial charge in [-0.15, -0.1) is 0 Å². The number of nitrogens with zero attached hydrogens (tertiary/aromatic N) is 3. The SMILES string of the molecule is CC(C)OCc1ncn2c1CN(C(=O)c1ccco1)CCC2. The highest BCUT2D eigenvalue weighted by Gasteiger charge is 2.24. The van der Waals surface area contributed by atoms with E-state index in [0.29, 0.717) is 25.5 Å². The average molecular weight is 303 g/mol. The van der Waals surface area contributed by atoms with Gasteiger partial charge in [-0.1, -0.05) is 0 Å². The minimum atomic E-state index is -0.0737. The van der Waals surface area contributed by atoms with Crippen molar-refractivity contribution in [2.24, 2.45) is 0 Å². The Bertz CT molecular complexity index is 631. The molecule has 1 amide bonds. The molecule has 0 atom stereocenters. The standard InChI is InChI=1S/C16H21N3O3/c1-12(2)22-10-13-14-9-18(6-4-7-19(14)11-17-13)16(20)15-5-3-8-21-15/h3,5,8,11-12H,4,6-7,9-10H2,1-2H3. The maximum atomic E-state index is 12.5. The molecule has 0 aromatic carbocycles. The van der Waals surface area contributed by atoms with Crippen LogP contribution in [0.3, 0.4) is 0 Å². The molecule has 1 aliphatic rings. The summed E-state index contributed by atoms with van der Waals surface area (Å²) in [4.78, 5) is 18.8. The Labute approximate surface area is 129 Å². The van der Waals surface area contributed by atoms with Crippen LogP contribution in [0.4, 0.5) is 0 Å². The Balaban J connectivity index is 1.79. The van der Waals surface area contributed by atoms with Crippen molar-refractivity contribution >= 4 is 5.91 Å². The monoisotopic (exact) mass is 303 g/mol. The number of furan rings is 1. The second kappa shape index (κ2) is 6.36. The van der Waals surface area contributed by atoms with Gasteiger partial charge in [0, 0.05) is 13.1 Å². The first-order valence-corrected chi connectivity index (χ1v) is 7.62. The summed E-state index contributed by atoms with van der Waals surface area (Å²) >= 11 is 0. The highest BCUT2D eigenvalue weighted by Crippen LogP contribution is 2.19. The zero-order chi connectivity index (χ0) is 15.5. The van der Waals surface area contributed by atoms with Gasteiger partial charge in [0.1, 0.15) is 0 Å². The number of hydrogen-bond donors (Lipinski definition) is 0. The van der Waals surface area contributed by atoms with Crippen molar-refractivity contribution < 1.29 is 13.9 Å². The van der Waals surface area contributed by atoms with Crippen LogP contribution in [0.15, 0.2) is 29.1 Å². The molecule has 0 radical (unpaired) electrons. The first-order chi connectivity index (χ1) is 10.6. The molecule has 2 aromatic rings. The van der Waals surface area contributed by atoms with Gasteiger partial charge in [-0.2, -0.15) is 0 Å². The Kier molecular flexibility index (Phi) is 4.29. The summed E-state index contributed by atoms with van der Waals surface area (Å²) in [7, 11) is 0. The highest BCUT2D eigenvalue weighted by molar-refractivity contribution is 5.91. The maximum absolute atomic E-state index is 12.5. The van der Waals surface area contributed by atoms with E-state index in [0.717, 1.165) is 24.4 Å². The number of imidazole rings is 1. The Morgan fingerprint density at radius 2 is 2.32 bits per heavy atom. The molecule has 2 aromatic heterocycles. The predicted octanol–water partition coefficient (Wildman–Crippen LogP) is 2.45. The lowest BCUT2D eigenvalue weighted by molar-refractivity contribution is 0.0616. The molecule has 3 heterocycles. The van der Waals surface area contributed by atoms with E-state index in [1.807, 2.05) is 25.1 Å². The molecule has 6 heteroatoms. The smallest absolute Gasteiger partial charge is 0.289 e. The number of carbonyl (C=O) groups excluding carboxylic acids is 1. The summed E-state index contributed by atoms with van der Waals surface area (Å²) in [5.74, 6) is 0.309. The fraction of sp³-hybridized carbons (Fsp3) is 0.500. The van der Waals surface area contributed by atoms with Crippen LogP contribution in [-0.2, 0) is 24.4 Å². The van der Waals surface area contributed by atoms with Gasteiger partial charge in [0.05, 0.1) is 43.2 Å². The lowest BCUT2D eigenvalue weighted by Crippen LogP contribution is -2.30. The van der Waals surface area contributed by atoms with Crippen LogP contribution in [0.1, 0.15) is 42.2 Å². The quantitative estimate of drug-likeness (QED) is 0.870. The first kappa shape index (κ1) is 14.8. The third-order valence-corrected chi connectivity index (χ3v) is 3.77. The lowest BCUT2D eigenvalue weighted by atomic mass is 10.3.